The van der Waals surface area contributed by atoms with Gasteiger partial charge in [0.15, 0.2) is 5.76 Å². The van der Waals surface area contributed by atoms with Crippen molar-refractivity contribution in [1.82, 2.24) is 20.4 Å². The third-order valence-electron chi connectivity index (χ3n) is 3.94. The van der Waals surface area contributed by atoms with Crippen LogP contribution in [-0.2, 0) is 13.0 Å². The number of carbonyl (C=O) groups excluding carboxylic acids is 1. The van der Waals surface area contributed by atoms with Crippen molar-refractivity contribution >= 4 is 11.6 Å². The lowest BCUT2D eigenvalue weighted by Crippen LogP contribution is -2.24. The van der Waals surface area contributed by atoms with Crippen molar-refractivity contribution in [2.24, 2.45) is 0 Å². The molecular formula is C19H21N5O2. The van der Waals surface area contributed by atoms with Gasteiger partial charge in [-0.25, -0.2) is 0 Å². The monoisotopic (exact) mass is 351 g/mol. The van der Waals surface area contributed by atoms with E-state index in [-0.39, 0.29) is 11.9 Å². The number of nitrogens with one attached hydrogen (secondary N) is 2. The highest BCUT2D eigenvalue weighted by Gasteiger charge is 2.13. The van der Waals surface area contributed by atoms with Crippen LogP contribution in [-0.4, -0.2) is 21.0 Å². The molecule has 0 bridgehead atoms. The van der Waals surface area contributed by atoms with Crippen molar-refractivity contribution in [1.29, 1.82) is 0 Å². The molecule has 0 radical (unpaired) electrons. The fourth-order valence-electron chi connectivity index (χ4n) is 2.44. The Morgan fingerprint density at radius 3 is 2.73 bits per heavy atom. The topological polar surface area (TPSA) is 92.9 Å². The van der Waals surface area contributed by atoms with Crippen molar-refractivity contribution in [3.8, 4) is 0 Å². The minimum atomic E-state index is -0.231. The second-order valence-corrected chi connectivity index (χ2v) is 5.91. The maximum Gasteiger partial charge on any atom is 0.270 e. The minimum Gasteiger partial charge on any atom is -0.375 e. The van der Waals surface area contributed by atoms with Crippen molar-refractivity contribution in [2.45, 2.75) is 32.9 Å². The first kappa shape index (κ1) is 17.6. The first-order chi connectivity index (χ1) is 12.7. The number of nitrogens with zero attached hydrogens (tertiary/aromatic N) is 3. The molecule has 1 amide bonds. The first-order valence-corrected chi connectivity index (χ1v) is 8.51. The van der Waals surface area contributed by atoms with Crippen LogP contribution in [0.1, 0.15) is 47.4 Å². The highest BCUT2D eigenvalue weighted by molar-refractivity contribution is 5.93. The van der Waals surface area contributed by atoms with E-state index in [2.05, 4.69) is 25.8 Å². The Morgan fingerprint density at radius 2 is 2.00 bits per heavy atom. The van der Waals surface area contributed by atoms with Gasteiger partial charge in [-0.1, -0.05) is 12.1 Å². The van der Waals surface area contributed by atoms with Crippen LogP contribution in [0.5, 0.6) is 0 Å². The predicted molar refractivity (Wildman–Crippen MR) is 97.6 cm³/mol. The van der Waals surface area contributed by atoms with Crippen molar-refractivity contribution in [2.75, 3.05) is 5.32 Å². The number of hydrogen-bond donors (Lipinski definition) is 2. The number of aryl methyl sites for hydroxylation is 1. The maximum absolute atomic E-state index is 12.3. The van der Waals surface area contributed by atoms with Crippen LogP contribution in [0.15, 0.2) is 53.4 Å². The van der Waals surface area contributed by atoms with Crippen molar-refractivity contribution in [3.63, 3.8) is 0 Å². The number of hydrogen-bond acceptors (Lipinski definition) is 6. The molecule has 3 aromatic heterocycles. The number of anilines is 1. The van der Waals surface area contributed by atoms with Crippen molar-refractivity contribution in [3.05, 3.63) is 71.6 Å². The molecule has 26 heavy (non-hydrogen) atoms. The molecule has 0 aliphatic rings. The zero-order valence-electron chi connectivity index (χ0n) is 14.8. The van der Waals surface area contributed by atoms with Gasteiger partial charge in [0.25, 0.3) is 5.91 Å². The van der Waals surface area contributed by atoms with E-state index in [1.807, 2.05) is 38.1 Å². The van der Waals surface area contributed by atoms with Gasteiger partial charge in [0, 0.05) is 36.9 Å². The Balaban J connectivity index is 1.62. The van der Waals surface area contributed by atoms with Crippen molar-refractivity contribution < 1.29 is 9.32 Å². The van der Waals surface area contributed by atoms with E-state index in [9.17, 15) is 4.79 Å². The fraction of sp³-hybridized carbons (Fsp3) is 0.263. The Morgan fingerprint density at radius 1 is 1.19 bits per heavy atom. The van der Waals surface area contributed by atoms with Crippen LogP contribution in [0.2, 0.25) is 0 Å². The van der Waals surface area contributed by atoms with Crippen LogP contribution < -0.4 is 10.6 Å². The Labute approximate surface area is 151 Å². The van der Waals surface area contributed by atoms with Crippen LogP contribution in [0.4, 0.5) is 5.69 Å². The molecule has 0 spiro atoms. The molecule has 3 aromatic rings. The third-order valence-corrected chi connectivity index (χ3v) is 3.94. The SMILES string of the molecule is CCc1cc([C@@H](C)Nc2ccnc(C(=O)NCc3ccncc3)c2)on1. The average molecular weight is 351 g/mol. The lowest BCUT2D eigenvalue weighted by Gasteiger charge is -2.13. The summed E-state index contributed by atoms with van der Waals surface area (Å²) in [6.07, 6.45) is 5.82. The number of pyridine rings is 2. The third kappa shape index (κ3) is 4.44. The highest BCUT2D eigenvalue weighted by atomic mass is 16.5. The quantitative estimate of drug-likeness (QED) is 0.679. The smallest absolute Gasteiger partial charge is 0.270 e. The molecule has 7 heteroatoms. The summed E-state index contributed by atoms with van der Waals surface area (Å²) >= 11 is 0. The van der Waals surface area contributed by atoms with Gasteiger partial charge < -0.3 is 15.2 Å². The molecule has 7 nitrogen and oxygen atoms in total. The summed E-state index contributed by atoms with van der Waals surface area (Å²) in [7, 11) is 0. The molecule has 1 atom stereocenters. The molecule has 0 unspecified atom stereocenters. The average Bonchev–Trinajstić information content (AvgIpc) is 3.16. The molecule has 0 fully saturated rings. The standard InChI is InChI=1S/C19H21N5O2/c1-3-15-11-18(26-24-15)13(2)23-16-6-9-21-17(10-16)19(25)22-12-14-4-7-20-8-5-14/h4-11,13H,3,12H2,1-2H3,(H,21,23)(H,22,25)/t13-/m1/s1. The maximum atomic E-state index is 12.3. The van der Waals surface area contributed by atoms with Crippen LogP contribution in [0.25, 0.3) is 0 Å². The molecular weight excluding hydrogens is 330 g/mol. The van der Waals surface area contributed by atoms with Crippen LogP contribution in [0, 0.1) is 0 Å². The van der Waals surface area contributed by atoms with Gasteiger partial charge in [0.05, 0.1) is 11.7 Å². The lowest BCUT2D eigenvalue weighted by molar-refractivity contribution is 0.0946. The Bertz CT molecular complexity index is 863. The summed E-state index contributed by atoms with van der Waals surface area (Å²) in [5.74, 6) is 0.522. The molecule has 3 heterocycles. The summed E-state index contributed by atoms with van der Waals surface area (Å²) in [5.41, 5.74) is 3.03. The largest absolute Gasteiger partial charge is 0.375 e. The summed E-state index contributed by atoms with van der Waals surface area (Å²) < 4.78 is 5.34. The summed E-state index contributed by atoms with van der Waals surface area (Å²) in [6.45, 7) is 4.43. The minimum absolute atomic E-state index is 0.0714. The second kappa shape index (κ2) is 8.24. The summed E-state index contributed by atoms with van der Waals surface area (Å²) in [5, 5.41) is 10.2. The highest BCUT2D eigenvalue weighted by Crippen LogP contribution is 2.20. The molecule has 2 N–H and O–H groups in total. The molecule has 134 valence electrons. The fourth-order valence-corrected chi connectivity index (χ4v) is 2.44. The van der Waals surface area contributed by atoms with Gasteiger partial charge >= 0.3 is 0 Å². The van der Waals surface area contributed by atoms with Gasteiger partial charge in [-0.2, -0.15) is 0 Å². The molecule has 0 aliphatic heterocycles. The van der Waals surface area contributed by atoms with Gasteiger partial charge in [0.1, 0.15) is 5.69 Å². The van der Waals surface area contributed by atoms with E-state index in [1.54, 1.807) is 24.7 Å². The number of rotatable bonds is 7. The zero-order valence-corrected chi connectivity index (χ0v) is 14.8. The Kier molecular flexibility index (Phi) is 5.58. The second-order valence-electron chi connectivity index (χ2n) is 5.91. The van der Waals surface area contributed by atoms with E-state index in [1.165, 1.54) is 0 Å². The van der Waals surface area contributed by atoms with Crippen LogP contribution >= 0.6 is 0 Å². The zero-order chi connectivity index (χ0) is 18.4. The molecule has 0 aliphatic carbocycles. The van der Waals surface area contributed by atoms with E-state index in [0.717, 1.165) is 29.1 Å². The summed E-state index contributed by atoms with van der Waals surface area (Å²) in [4.78, 5) is 20.4. The normalized spacial score (nSPS) is 11.8. The number of aromatic nitrogens is 3. The van der Waals surface area contributed by atoms with Gasteiger partial charge in [-0.15, -0.1) is 0 Å². The van der Waals surface area contributed by atoms with E-state index in [4.69, 9.17) is 4.52 Å². The molecule has 3 rings (SSSR count). The predicted octanol–water partition coefficient (Wildman–Crippen LogP) is 3.13. The molecule has 0 saturated carbocycles. The van der Waals surface area contributed by atoms with Gasteiger partial charge in [-0.05, 0) is 43.2 Å². The lowest BCUT2D eigenvalue weighted by atomic mass is 10.2. The molecule has 0 aromatic carbocycles. The van der Waals surface area contributed by atoms with Gasteiger partial charge in [-0.3, -0.25) is 14.8 Å². The first-order valence-electron chi connectivity index (χ1n) is 8.51. The van der Waals surface area contributed by atoms with Gasteiger partial charge in [0.2, 0.25) is 0 Å². The van der Waals surface area contributed by atoms with E-state index < -0.39 is 0 Å². The number of carbonyl (C=O) groups is 1. The Hall–Kier alpha value is -3.22. The van der Waals surface area contributed by atoms with E-state index >= 15 is 0 Å². The van der Waals surface area contributed by atoms with E-state index in [0.29, 0.717) is 12.2 Å². The number of amides is 1. The van der Waals surface area contributed by atoms with Crippen LogP contribution in [0.3, 0.4) is 0 Å². The summed E-state index contributed by atoms with van der Waals surface area (Å²) in [6, 6.07) is 9.10. The molecule has 0 saturated heterocycles.